The maximum absolute atomic E-state index is 3.72. The van der Waals surface area contributed by atoms with Crippen LogP contribution in [0.4, 0.5) is 11.4 Å². The van der Waals surface area contributed by atoms with E-state index in [1.807, 2.05) is 0 Å². The monoisotopic (exact) mass is 487 g/mol. The quantitative estimate of drug-likeness (QED) is 0.246. The summed E-state index contributed by atoms with van der Waals surface area (Å²) in [7, 11) is 0. The number of para-hydroxylation sites is 1. The van der Waals surface area contributed by atoms with Gasteiger partial charge in [-0.1, -0.05) is 133 Å². The first-order valence-corrected chi connectivity index (χ1v) is 13.0. The molecule has 0 aliphatic carbocycles. The van der Waals surface area contributed by atoms with Gasteiger partial charge in [0.25, 0.3) is 0 Å². The lowest BCUT2D eigenvalue weighted by molar-refractivity contribution is 1.45. The van der Waals surface area contributed by atoms with Crippen LogP contribution in [0, 0.1) is 6.92 Å². The molecule has 0 aliphatic rings. The van der Waals surface area contributed by atoms with Crippen molar-refractivity contribution in [2.45, 2.75) is 6.92 Å². The van der Waals surface area contributed by atoms with E-state index in [9.17, 15) is 0 Å². The van der Waals surface area contributed by atoms with E-state index >= 15 is 0 Å². The highest BCUT2D eigenvalue weighted by atomic mass is 14.9. The fraction of sp³-hybridized carbons (Fsp3) is 0.0270. The van der Waals surface area contributed by atoms with Crippen molar-refractivity contribution in [1.29, 1.82) is 0 Å². The van der Waals surface area contributed by atoms with E-state index in [-0.39, 0.29) is 0 Å². The first-order valence-electron chi connectivity index (χ1n) is 13.0. The van der Waals surface area contributed by atoms with E-state index in [0.29, 0.717) is 0 Å². The Kier molecular flexibility index (Phi) is 6.57. The summed E-state index contributed by atoms with van der Waals surface area (Å²) in [5.74, 6) is 0. The Bertz CT molecular complexity index is 1700. The lowest BCUT2D eigenvalue weighted by atomic mass is 9.88. The number of hydrogen-bond acceptors (Lipinski definition) is 1. The van der Waals surface area contributed by atoms with Gasteiger partial charge < -0.3 is 5.32 Å². The average Bonchev–Trinajstić information content (AvgIpc) is 2.98. The standard InChI is InChI=1S/C37H29N/c1-27-14-5-6-19-31(27)32-20-7-8-21-33(32)34-22-9-10-23-35(34)36-24-11-12-25-37(36)38-30-18-13-17-29(26-30)28-15-3-2-4-16-28/h2-26,38H,1H3. The van der Waals surface area contributed by atoms with Crippen molar-refractivity contribution in [3.8, 4) is 44.5 Å². The second kappa shape index (κ2) is 10.6. The summed E-state index contributed by atoms with van der Waals surface area (Å²) < 4.78 is 0. The lowest BCUT2D eigenvalue weighted by Crippen LogP contribution is -1.95. The zero-order chi connectivity index (χ0) is 25.7. The molecule has 0 aromatic heterocycles. The molecule has 1 nitrogen and oxygen atoms in total. The van der Waals surface area contributed by atoms with Crippen molar-refractivity contribution in [3.63, 3.8) is 0 Å². The topological polar surface area (TPSA) is 12.0 Å². The van der Waals surface area contributed by atoms with E-state index in [1.54, 1.807) is 0 Å². The molecule has 1 heteroatoms. The number of benzene rings is 6. The first-order chi connectivity index (χ1) is 18.8. The Morgan fingerprint density at radius 3 is 1.50 bits per heavy atom. The maximum atomic E-state index is 3.72. The Balaban J connectivity index is 1.43. The second-order valence-electron chi connectivity index (χ2n) is 9.52. The van der Waals surface area contributed by atoms with Crippen molar-refractivity contribution in [1.82, 2.24) is 0 Å². The van der Waals surface area contributed by atoms with Gasteiger partial charge in [0.2, 0.25) is 0 Å². The van der Waals surface area contributed by atoms with Crippen LogP contribution in [0.1, 0.15) is 5.56 Å². The fourth-order valence-electron chi connectivity index (χ4n) is 5.17. The molecule has 0 aliphatic heterocycles. The summed E-state index contributed by atoms with van der Waals surface area (Å²) in [5.41, 5.74) is 13.2. The molecule has 0 bridgehead atoms. The number of hydrogen-bond donors (Lipinski definition) is 1. The predicted octanol–water partition coefficient (Wildman–Crippen LogP) is 10.4. The summed E-state index contributed by atoms with van der Waals surface area (Å²) in [6, 6.07) is 53.8. The van der Waals surface area contributed by atoms with Crippen molar-refractivity contribution in [3.05, 3.63) is 157 Å². The van der Waals surface area contributed by atoms with Gasteiger partial charge in [0.15, 0.2) is 0 Å². The van der Waals surface area contributed by atoms with Gasteiger partial charge >= 0.3 is 0 Å². The van der Waals surface area contributed by atoms with Crippen LogP contribution in [0.3, 0.4) is 0 Å². The largest absolute Gasteiger partial charge is 0.355 e. The molecule has 6 rings (SSSR count). The van der Waals surface area contributed by atoms with Crippen LogP contribution in [0.15, 0.2) is 152 Å². The Labute approximate surface area is 225 Å². The second-order valence-corrected chi connectivity index (χ2v) is 9.52. The predicted molar refractivity (Wildman–Crippen MR) is 163 cm³/mol. The molecule has 6 aromatic carbocycles. The molecule has 182 valence electrons. The van der Waals surface area contributed by atoms with Gasteiger partial charge in [-0.2, -0.15) is 0 Å². The minimum Gasteiger partial charge on any atom is -0.355 e. The zero-order valence-electron chi connectivity index (χ0n) is 21.4. The van der Waals surface area contributed by atoms with E-state index < -0.39 is 0 Å². The average molecular weight is 488 g/mol. The molecular weight excluding hydrogens is 458 g/mol. The van der Waals surface area contributed by atoms with E-state index in [1.165, 1.54) is 50.1 Å². The van der Waals surface area contributed by atoms with Gasteiger partial charge in [-0.3, -0.25) is 0 Å². The number of nitrogens with one attached hydrogen (secondary N) is 1. The molecule has 0 saturated carbocycles. The van der Waals surface area contributed by atoms with Crippen LogP contribution >= 0.6 is 0 Å². The maximum Gasteiger partial charge on any atom is 0.0464 e. The highest BCUT2D eigenvalue weighted by Crippen LogP contribution is 2.41. The molecule has 0 amide bonds. The van der Waals surface area contributed by atoms with Crippen LogP contribution in [-0.2, 0) is 0 Å². The normalized spacial score (nSPS) is 10.8. The zero-order valence-corrected chi connectivity index (χ0v) is 21.4. The Morgan fingerprint density at radius 2 is 0.842 bits per heavy atom. The molecule has 38 heavy (non-hydrogen) atoms. The molecule has 0 radical (unpaired) electrons. The molecule has 0 heterocycles. The number of anilines is 2. The van der Waals surface area contributed by atoms with Crippen molar-refractivity contribution < 1.29 is 0 Å². The fourth-order valence-corrected chi connectivity index (χ4v) is 5.17. The minimum absolute atomic E-state index is 1.07. The van der Waals surface area contributed by atoms with Crippen LogP contribution in [0.5, 0.6) is 0 Å². The molecular formula is C37H29N. The summed E-state index contributed by atoms with van der Waals surface area (Å²) >= 11 is 0. The van der Waals surface area contributed by atoms with Gasteiger partial charge in [0, 0.05) is 16.9 Å². The molecule has 1 N–H and O–H groups in total. The molecule has 0 spiro atoms. The molecule has 6 aromatic rings. The van der Waals surface area contributed by atoms with Crippen molar-refractivity contribution >= 4 is 11.4 Å². The van der Waals surface area contributed by atoms with Gasteiger partial charge in [0.05, 0.1) is 0 Å². The van der Waals surface area contributed by atoms with Crippen LogP contribution in [0.2, 0.25) is 0 Å². The molecule has 0 atom stereocenters. The number of aryl methyl sites for hydroxylation is 1. The third-order valence-electron chi connectivity index (χ3n) is 7.05. The summed E-state index contributed by atoms with van der Waals surface area (Å²) in [4.78, 5) is 0. The number of rotatable bonds is 6. The van der Waals surface area contributed by atoms with Crippen LogP contribution in [-0.4, -0.2) is 0 Å². The summed E-state index contributed by atoms with van der Waals surface area (Å²) in [5, 5.41) is 3.72. The minimum atomic E-state index is 1.07. The van der Waals surface area contributed by atoms with Gasteiger partial charge in [-0.25, -0.2) is 0 Å². The third kappa shape index (κ3) is 4.75. The van der Waals surface area contributed by atoms with Crippen LogP contribution < -0.4 is 5.32 Å². The first kappa shape index (κ1) is 23.5. The lowest BCUT2D eigenvalue weighted by Gasteiger charge is -2.18. The van der Waals surface area contributed by atoms with Gasteiger partial charge in [-0.05, 0) is 69.6 Å². The van der Waals surface area contributed by atoms with Crippen molar-refractivity contribution in [2.75, 3.05) is 5.32 Å². The van der Waals surface area contributed by atoms with E-state index in [0.717, 1.165) is 11.4 Å². The van der Waals surface area contributed by atoms with Gasteiger partial charge in [0.1, 0.15) is 0 Å². The van der Waals surface area contributed by atoms with Crippen LogP contribution in [0.25, 0.3) is 44.5 Å². The molecule has 0 fully saturated rings. The van der Waals surface area contributed by atoms with Gasteiger partial charge in [-0.15, -0.1) is 0 Å². The highest BCUT2D eigenvalue weighted by molar-refractivity contribution is 5.95. The molecule has 0 saturated heterocycles. The summed E-state index contributed by atoms with van der Waals surface area (Å²) in [6.45, 7) is 2.18. The van der Waals surface area contributed by atoms with Crippen molar-refractivity contribution in [2.24, 2.45) is 0 Å². The Morgan fingerprint density at radius 1 is 0.368 bits per heavy atom. The van der Waals surface area contributed by atoms with E-state index in [2.05, 4.69) is 164 Å². The summed E-state index contributed by atoms with van der Waals surface area (Å²) in [6.07, 6.45) is 0. The highest BCUT2D eigenvalue weighted by Gasteiger charge is 2.15. The molecule has 0 unspecified atom stereocenters. The SMILES string of the molecule is Cc1ccccc1-c1ccccc1-c1ccccc1-c1ccccc1Nc1cccc(-c2ccccc2)c1. The van der Waals surface area contributed by atoms with E-state index in [4.69, 9.17) is 0 Å². The Hall–Kier alpha value is -4.88. The third-order valence-corrected chi connectivity index (χ3v) is 7.05. The smallest absolute Gasteiger partial charge is 0.0464 e.